The van der Waals surface area contributed by atoms with Gasteiger partial charge in [0.2, 0.25) is 0 Å². The summed E-state index contributed by atoms with van der Waals surface area (Å²) in [5, 5.41) is 0. The van der Waals surface area contributed by atoms with Gasteiger partial charge in [-0.05, 0) is 59.1 Å². The Morgan fingerprint density at radius 3 is 1.96 bits per heavy atom. The van der Waals surface area contributed by atoms with Gasteiger partial charge in [-0.25, -0.2) is 9.55 Å². The molecule has 0 aliphatic carbocycles. The zero-order valence-corrected chi connectivity index (χ0v) is 19.9. The molecule has 0 spiro atoms. The van der Waals surface area contributed by atoms with Gasteiger partial charge < -0.3 is 25.7 Å². The quantitative estimate of drug-likeness (QED) is 0.435. The van der Waals surface area contributed by atoms with E-state index in [1.54, 1.807) is 0 Å². The third-order valence-electron chi connectivity index (χ3n) is 4.65. The van der Waals surface area contributed by atoms with Crippen LogP contribution < -0.4 is 17.0 Å². The molecule has 0 unspecified atom stereocenters. The first-order valence-electron chi connectivity index (χ1n) is 10.0. The lowest BCUT2D eigenvalue weighted by Crippen LogP contribution is -3.00. The van der Waals surface area contributed by atoms with E-state index in [0.29, 0.717) is 19.8 Å². The molecule has 0 fully saturated rings. The molecule has 0 amide bonds. The van der Waals surface area contributed by atoms with Gasteiger partial charge in [-0.3, -0.25) is 0 Å². The zero-order valence-electron chi connectivity index (χ0n) is 18.1. The highest BCUT2D eigenvalue weighted by atomic mass is 35.5. The van der Waals surface area contributed by atoms with Crippen molar-refractivity contribution in [2.24, 2.45) is 0 Å². The summed E-state index contributed by atoms with van der Waals surface area (Å²) in [6.07, 6.45) is 5.07. The second-order valence-corrected chi connectivity index (χ2v) is 9.59. The average Bonchev–Trinajstić information content (AvgIpc) is 3.03. The van der Waals surface area contributed by atoms with Crippen LogP contribution in [0.1, 0.15) is 43.9 Å². The fourth-order valence-corrected chi connectivity index (χ4v) is 6.38. The van der Waals surface area contributed by atoms with Crippen LogP contribution >= 0.6 is 0 Å². The van der Waals surface area contributed by atoms with Gasteiger partial charge in [-0.2, -0.15) is 0 Å². The van der Waals surface area contributed by atoms with Crippen LogP contribution in [0.15, 0.2) is 24.5 Å². The smallest absolute Gasteiger partial charge is 0.501 e. The highest BCUT2D eigenvalue weighted by Crippen LogP contribution is 2.25. The highest BCUT2D eigenvalue weighted by Gasteiger charge is 2.40. The topological polar surface area (TPSA) is 47.4 Å². The predicted molar refractivity (Wildman–Crippen MR) is 111 cm³/mol. The van der Waals surface area contributed by atoms with E-state index in [-0.39, 0.29) is 12.4 Å². The normalized spacial score (nSPS) is 11.5. The van der Waals surface area contributed by atoms with Crippen molar-refractivity contribution in [2.75, 3.05) is 19.8 Å². The molecule has 0 radical (unpaired) electrons. The number of nitrogens with one attached hydrogen (secondary N) is 1. The van der Waals surface area contributed by atoms with Crippen LogP contribution in [0.3, 0.4) is 0 Å². The summed E-state index contributed by atoms with van der Waals surface area (Å²) in [7, 11) is -2.58. The SMILES string of the molecule is CCO[Si](CCC[n+]1cc[nH]c1-c1c(C)cc(C)cc1C)(OCC)OCC.[Cl-]. The van der Waals surface area contributed by atoms with Gasteiger partial charge in [0, 0.05) is 25.9 Å². The maximum atomic E-state index is 5.97. The van der Waals surface area contributed by atoms with Crippen molar-refractivity contribution in [3.63, 3.8) is 0 Å². The average molecular weight is 427 g/mol. The molecule has 1 heterocycles. The molecule has 158 valence electrons. The molecule has 0 atom stereocenters. The first kappa shape index (κ1) is 24.9. The van der Waals surface area contributed by atoms with Crippen molar-refractivity contribution < 1.29 is 30.3 Å². The third-order valence-corrected chi connectivity index (χ3v) is 7.80. The van der Waals surface area contributed by atoms with E-state index in [9.17, 15) is 0 Å². The number of halogens is 1. The Hall–Kier alpha value is -1.18. The standard InChI is InChI=1S/C21H34N2O3Si.ClH/c1-7-24-27(25-8-2,26-9-3)14-10-12-23-13-11-22-21(23)20-18(5)15-17(4)16-19(20)6;/h11,13,15-16H,7-10,12,14H2,1-6H3;1H. The van der Waals surface area contributed by atoms with Crippen molar-refractivity contribution in [3.05, 3.63) is 41.2 Å². The summed E-state index contributed by atoms with van der Waals surface area (Å²) < 4.78 is 20.2. The van der Waals surface area contributed by atoms with E-state index < -0.39 is 8.80 Å². The van der Waals surface area contributed by atoms with E-state index in [2.05, 4.69) is 48.7 Å². The van der Waals surface area contributed by atoms with E-state index >= 15 is 0 Å². The van der Waals surface area contributed by atoms with Crippen LogP contribution in [0.25, 0.3) is 11.4 Å². The fourth-order valence-electron chi connectivity index (χ4n) is 3.79. The van der Waals surface area contributed by atoms with Crippen LogP contribution in [-0.4, -0.2) is 33.6 Å². The molecular weight excluding hydrogens is 392 g/mol. The van der Waals surface area contributed by atoms with Crippen LogP contribution in [0.4, 0.5) is 0 Å². The summed E-state index contributed by atoms with van der Waals surface area (Å²) in [6.45, 7) is 15.3. The van der Waals surface area contributed by atoms with Crippen LogP contribution in [0, 0.1) is 20.8 Å². The van der Waals surface area contributed by atoms with Gasteiger partial charge in [0.25, 0.3) is 5.82 Å². The summed E-state index contributed by atoms with van der Waals surface area (Å²) in [5.41, 5.74) is 5.18. The van der Waals surface area contributed by atoms with Crippen molar-refractivity contribution in [1.82, 2.24) is 4.98 Å². The second-order valence-electron chi connectivity index (χ2n) is 6.86. The largest absolute Gasteiger partial charge is 1.00 e. The molecule has 0 aliphatic rings. The Balaban J connectivity index is 0.00000392. The number of aryl methyl sites for hydroxylation is 4. The number of hydrogen-bond donors (Lipinski definition) is 1. The Labute approximate surface area is 177 Å². The predicted octanol–water partition coefficient (Wildman–Crippen LogP) is 1.34. The molecule has 1 aromatic carbocycles. The van der Waals surface area contributed by atoms with E-state index in [1.165, 1.54) is 22.3 Å². The minimum Gasteiger partial charge on any atom is -1.00 e. The number of nitrogens with zero attached hydrogens (tertiary/aromatic N) is 1. The van der Waals surface area contributed by atoms with E-state index in [0.717, 1.165) is 24.8 Å². The first-order valence-corrected chi connectivity index (χ1v) is 12.0. The van der Waals surface area contributed by atoms with Crippen LogP contribution in [-0.2, 0) is 19.8 Å². The number of aromatic amines is 1. The summed E-state index contributed by atoms with van der Waals surface area (Å²) >= 11 is 0. The number of aromatic nitrogens is 2. The Morgan fingerprint density at radius 2 is 1.46 bits per heavy atom. The van der Waals surface area contributed by atoms with Gasteiger partial charge >= 0.3 is 8.80 Å². The zero-order chi connectivity index (χ0) is 19.9. The van der Waals surface area contributed by atoms with Gasteiger partial charge in [-0.1, -0.05) is 17.7 Å². The minimum absolute atomic E-state index is 0. The van der Waals surface area contributed by atoms with E-state index in [1.807, 2.05) is 27.0 Å². The maximum absolute atomic E-state index is 5.97. The molecule has 1 aromatic heterocycles. The molecule has 0 saturated heterocycles. The molecule has 2 aromatic rings. The van der Waals surface area contributed by atoms with Gasteiger partial charge in [0.1, 0.15) is 12.4 Å². The highest BCUT2D eigenvalue weighted by molar-refractivity contribution is 6.60. The van der Waals surface area contributed by atoms with Gasteiger partial charge in [0.05, 0.1) is 12.1 Å². The first-order chi connectivity index (χ1) is 13.0. The summed E-state index contributed by atoms with van der Waals surface area (Å²) in [5.74, 6) is 1.15. The van der Waals surface area contributed by atoms with E-state index in [4.69, 9.17) is 13.3 Å². The molecule has 0 aliphatic heterocycles. The van der Waals surface area contributed by atoms with Crippen LogP contribution in [0.2, 0.25) is 6.04 Å². The molecule has 1 N–H and O–H groups in total. The molecule has 5 nitrogen and oxygen atoms in total. The Bertz CT molecular complexity index is 696. The lowest BCUT2D eigenvalue weighted by molar-refractivity contribution is -0.684. The number of rotatable bonds is 11. The Morgan fingerprint density at radius 1 is 0.929 bits per heavy atom. The van der Waals surface area contributed by atoms with Gasteiger partial charge in [0.15, 0.2) is 0 Å². The molecular formula is C21H35ClN2O3Si. The lowest BCUT2D eigenvalue weighted by Gasteiger charge is -2.28. The summed E-state index contributed by atoms with van der Waals surface area (Å²) in [4.78, 5) is 3.43. The Kier molecular flexibility index (Phi) is 10.4. The fraction of sp³-hybridized carbons (Fsp3) is 0.571. The number of H-pyrrole nitrogens is 1. The molecule has 7 heteroatoms. The van der Waals surface area contributed by atoms with Crippen LogP contribution in [0.5, 0.6) is 0 Å². The number of benzene rings is 1. The second kappa shape index (κ2) is 11.7. The maximum Gasteiger partial charge on any atom is 0.501 e. The number of hydrogen-bond acceptors (Lipinski definition) is 3. The van der Waals surface area contributed by atoms with Crippen molar-refractivity contribution in [1.29, 1.82) is 0 Å². The van der Waals surface area contributed by atoms with Crippen molar-refractivity contribution in [2.45, 2.75) is 60.6 Å². The van der Waals surface area contributed by atoms with Crippen molar-refractivity contribution in [3.8, 4) is 11.4 Å². The minimum atomic E-state index is -2.58. The van der Waals surface area contributed by atoms with Gasteiger partial charge in [-0.15, -0.1) is 0 Å². The molecule has 2 rings (SSSR count). The lowest BCUT2D eigenvalue weighted by atomic mass is 9.99. The molecule has 0 bridgehead atoms. The van der Waals surface area contributed by atoms with Crippen molar-refractivity contribution >= 4 is 8.80 Å². The monoisotopic (exact) mass is 426 g/mol. The third kappa shape index (κ3) is 6.16. The summed E-state index contributed by atoms with van der Waals surface area (Å²) in [6, 6.07) is 5.31. The molecule has 28 heavy (non-hydrogen) atoms. The number of imidazole rings is 1. The molecule has 0 saturated carbocycles.